The third-order valence-corrected chi connectivity index (χ3v) is 3.00. The van der Waals surface area contributed by atoms with Crippen molar-refractivity contribution in [2.24, 2.45) is 12.8 Å². The predicted molar refractivity (Wildman–Crippen MR) is 76.3 cm³/mol. The lowest BCUT2D eigenvalue weighted by atomic mass is 10.1. The summed E-state index contributed by atoms with van der Waals surface area (Å²) in [7, 11) is 1.74. The topological polar surface area (TPSA) is 97.1 Å². The molecular formula is C14H18N4O2. The van der Waals surface area contributed by atoms with Gasteiger partial charge in [0.25, 0.3) is 0 Å². The number of aryl methyl sites for hydroxylation is 2. The van der Waals surface area contributed by atoms with Crippen molar-refractivity contribution in [2.75, 3.05) is 6.61 Å². The van der Waals surface area contributed by atoms with Crippen molar-refractivity contribution in [2.45, 2.75) is 13.3 Å². The van der Waals surface area contributed by atoms with Gasteiger partial charge in [0.2, 0.25) is 5.88 Å². The van der Waals surface area contributed by atoms with Crippen LogP contribution in [-0.4, -0.2) is 27.3 Å². The molecule has 0 atom stereocenters. The Morgan fingerprint density at radius 1 is 1.45 bits per heavy atom. The highest BCUT2D eigenvalue weighted by molar-refractivity contribution is 5.98. The Morgan fingerprint density at radius 2 is 2.15 bits per heavy atom. The van der Waals surface area contributed by atoms with Gasteiger partial charge in [0.1, 0.15) is 17.1 Å². The van der Waals surface area contributed by atoms with E-state index in [4.69, 9.17) is 21.0 Å². The van der Waals surface area contributed by atoms with Crippen molar-refractivity contribution in [1.82, 2.24) is 9.78 Å². The van der Waals surface area contributed by atoms with Gasteiger partial charge in [0.05, 0.1) is 5.69 Å². The van der Waals surface area contributed by atoms with Crippen molar-refractivity contribution < 1.29 is 9.84 Å². The minimum Gasteiger partial charge on any atom is -0.438 e. The van der Waals surface area contributed by atoms with E-state index < -0.39 is 0 Å². The molecule has 0 radical (unpaired) electrons. The molecule has 0 bridgehead atoms. The first-order chi connectivity index (χ1) is 9.54. The Labute approximate surface area is 117 Å². The van der Waals surface area contributed by atoms with Gasteiger partial charge in [0.15, 0.2) is 0 Å². The second kappa shape index (κ2) is 5.75. The number of aromatic nitrogens is 2. The summed E-state index contributed by atoms with van der Waals surface area (Å²) in [6, 6.07) is 7.45. The fraction of sp³-hybridized carbons (Fsp3) is 0.286. The van der Waals surface area contributed by atoms with E-state index in [1.807, 2.05) is 24.3 Å². The largest absolute Gasteiger partial charge is 0.438 e. The summed E-state index contributed by atoms with van der Waals surface area (Å²) in [5, 5.41) is 20.9. The lowest BCUT2D eigenvalue weighted by molar-refractivity contribution is 0.297. The average Bonchev–Trinajstić information content (AvgIpc) is 2.67. The van der Waals surface area contributed by atoms with Crippen LogP contribution in [0.4, 0.5) is 0 Å². The van der Waals surface area contributed by atoms with Crippen molar-refractivity contribution in [3.8, 4) is 11.6 Å². The van der Waals surface area contributed by atoms with Crippen molar-refractivity contribution in [1.29, 1.82) is 5.41 Å². The lowest BCUT2D eigenvalue weighted by Gasteiger charge is -2.11. The molecule has 106 valence electrons. The van der Waals surface area contributed by atoms with Crippen molar-refractivity contribution in [3.63, 3.8) is 0 Å². The molecule has 2 rings (SSSR count). The molecule has 1 aromatic heterocycles. The highest BCUT2D eigenvalue weighted by Gasteiger charge is 2.18. The molecular weight excluding hydrogens is 256 g/mol. The van der Waals surface area contributed by atoms with Gasteiger partial charge in [-0.15, -0.1) is 0 Å². The summed E-state index contributed by atoms with van der Waals surface area (Å²) < 4.78 is 7.43. The Bertz CT molecular complexity index is 634. The lowest BCUT2D eigenvalue weighted by Crippen LogP contribution is -2.13. The Balaban J connectivity index is 2.43. The minimum absolute atomic E-state index is 0.0460. The van der Waals surface area contributed by atoms with Crippen molar-refractivity contribution >= 4 is 5.84 Å². The fourth-order valence-corrected chi connectivity index (χ4v) is 2.10. The molecule has 0 fully saturated rings. The maximum atomic E-state index is 9.08. The van der Waals surface area contributed by atoms with Crippen LogP contribution in [0.25, 0.3) is 0 Å². The number of nitrogens with two attached hydrogens (primary N) is 1. The summed E-state index contributed by atoms with van der Waals surface area (Å²) in [6.45, 7) is 1.83. The SMILES string of the molecule is Cc1nn(C)c(Oc2ccccc2CCO)c1C(=N)N. The number of hydrogen-bond acceptors (Lipinski definition) is 4. The van der Waals surface area contributed by atoms with Gasteiger partial charge < -0.3 is 15.6 Å². The summed E-state index contributed by atoms with van der Waals surface area (Å²) in [5.41, 5.74) is 7.62. The number of nitrogens with zero attached hydrogens (tertiary/aromatic N) is 2. The van der Waals surface area contributed by atoms with E-state index in [-0.39, 0.29) is 12.4 Å². The smallest absolute Gasteiger partial charge is 0.228 e. The average molecular weight is 274 g/mol. The van der Waals surface area contributed by atoms with Crippen LogP contribution in [-0.2, 0) is 13.5 Å². The zero-order valence-corrected chi connectivity index (χ0v) is 11.6. The van der Waals surface area contributed by atoms with E-state index in [0.29, 0.717) is 29.3 Å². The van der Waals surface area contributed by atoms with E-state index in [0.717, 1.165) is 5.56 Å². The zero-order valence-electron chi connectivity index (χ0n) is 11.6. The molecule has 0 amide bonds. The molecule has 2 aromatic rings. The van der Waals surface area contributed by atoms with Crippen LogP contribution in [0.5, 0.6) is 11.6 Å². The zero-order chi connectivity index (χ0) is 14.7. The number of ether oxygens (including phenoxy) is 1. The molecule has 20 heavy (non-hydrogen) atoms. The van der Waals surface area contributed by atoms with Crippen LogP contribution in [0, 0.1) is 12.3 Å². The molecule has 1 aromatic carbocycles. The summed E-state index contributed by atoms with van der Waals surface area (Å²) in [6.07, 6.45) is 0.502. The van der Waals surface area contributed by atoms with Gasteiger partial charge in [-0.1, -0.05) is 18.2 Å². The maximum absolute atomic E-state index is 9.08. The quantitative estimate of drug-likeness (QED) is 0.566. The summed E-state index contributed by atoms with van der Waals surface area (Å²) in [5.74, 6) is 0.984. The van der Waals surface area contributed by atoms with E-state index in [9.17, 15) is 0 Å². The molecule has 1 heterocycles. The molecule has 6 nitrogen and oxygen atoms in total. The first-order valence-electron chi connectivity index (χ1n) is 6.29. The number of benzene rings is 1. The normalized spacial score (nSPS) is 10.6. The van der Waals surface area contributed by atoms with Crippen LogP contribution >= 0.6 is 0 Å². The molecule has 6 heteroatoms. The fourth-order valence-electron chi connectivity index (χ4n) is 2.10. The maximum Gasteiger partial charge on any atom is 0.228 e. The number of para-hydroxylation sites is 1. The van der Waals surface area contributed by atoms with Crippen LogP contribution in [0.15, 0.2) is 24.3 Å². The molecule has 0 aliphatic carbocycles. The minimum atomic E-state index is -0.0785. The second-order valence-electron chi connectivity index (χ2n) is 4.49. The molecule has 4 N–H and O–H groups in total. The van der Waals surface area contributed by atoms with E-state index >= 15 is 0 Å². The molecule has 0 saturated heterocycles. The number of aliphatic hydroxyl groups is 1. The Kier molecular flexibility index (Phi) is 4.05. The van der Waals surface area contributed by atoms with E-state index in [2.05, 4.69) is 5.10 Å². The third kappa shape index (κ3) is 2.65. The highest BCUT2D eigenvalue weighted by Crippen LogP contribution is 2.29. The van der Waals surface area contributed by atoms with Crippen LogP contribution < -0.4 is 10.5 Å². The Morgan fingerprint density at radius 3 is 2.80 bits per heavy atom. The number of aliphatic hydroxyl groups excluding tert-OH is 1. The van der Waals surface area contributed by atoms with E-state index in [1.54, 1.807) is 18.7 Å². The van der Waals surface area contributed by atoms with E-state index in [1.165, 1.54) is 0 Å². The molecule has 0 spiro atoms. The Hall–Kier alpha value is -2.34. The van der Waals surface area contributed by atoms with Gasteiger partial charge in [-0.05, 0) is 25.0 Å². The molecule has 0 aliphatic rings. The van der Waals surface area contributed by atoms with Crippen LogP contribution in [0.2, 0.25) is 0 Å². The van der Waals surface area contributed by atoms with Gasteiger partial charge in [0, 0.05) is 13.7 Å². The number of amidine groups is 1. The molecule has 0 aliphatic heterocycles. The predicted octanol–water partition coefficient (Wildman–Crippen LogP) is 1.34. The van der Waals surface area contributed by atoms with Gasteiger partial charge in [-0.2, -0.15) is 5.10 Å². The van der Waals surface area contributed by atoms with Crippen molar-refractivity contribution in [3.05, 3.63) is 41.1 Å². The molecule has 0 unspecified atom stereocenters. The number of nitrogens with one attached hydrogen (secondary N) is 1. The first-order valence-corrected chi connectivity index (χ1v) is 6.29. The van der Waals surface area contributed by atoms with Gasteiger partial charge in [-0.25, -0.2) is 4.68 Å². The number of rotatable bonds is 5. The van der Waals surface area contributed by atoms with Gasteiger partial charge >= 0.3 is 0 Å². The number of nitrogen functional groups attached to an aromatic ring is 1. The summed E-state index contributed by atoms with van der Waals surface area (Å²) in [4.78, 5) is 0. The first kappa shape index (κ1) is 14.1. The van der Waals surface area contributed by atoms with Crippen LogP contribution in [0.1, 0.15) is 16.8 Å². The number of hydrogen-bond donors (Lipinski definition) is 3. The third-order valence-electron chi connectivity index (χ3n) is 3.00. The van der Waals surface area contributed by atoms with Crippen LogP contribution in [0.3, 0.4) is 0 Å². The van der Waals surface area contributed by atoms with Gasteiger partial charge in [-0.3, -0.25) is 5.41 Å². The standard InChI is InChI=1S/C14H18N4O2/c1-9-12(13(15)16)14(18(2)17-9)20-11-6-4-3-5-10(11)7-8-19/h3-6,19H,7-8H2,1-2H3,(H3,15,16). The monoisotopic (exact) mass is 274 g/mol. The summed E-state index contributed by atoms with van der Waals surface area (Å²) >= 11 is 0. The molecule has 0 saturated carbocycles. The highest BCUT2D eigenvalue weighted by atomic mass is 16.5. The second-order valence-corrected chi connectivity index (χ2v) is 4.49.